The van der Waals surface area contributed by atoms with E-state index < -0.39 is 23.1 Å². The van der Waals surface area contributed by atoms with E-state index in [1.54, 1.807) is 12.3 Å². The van der Waals surface area contributed by atoms with Gasteiger partial charge in [-0.1, -0.05) is 0 Å². The lowest BCUT2D eigenvalue weighted by atomic mass is 10.1. The Balaban J connectivity index is 1.08. The van der Waals surface area contributed by atoms with Gasteiger partial charge in [-0.25, -0.2) is 8.78 Å². The molecule has 226 valence electrons. The summed E-state index contributed by atoms with van der Waals surface area (Å²) >= 11 is 1.48. The third-order valence-corrected chi connectivity index (χ3v) is 8.70. The van der Waals surface area contributed by atoms with Crippen molar-refractivity contribution in [2.24, 2.45) is 0 Å². The molecular formula is C32H25F2N7O3S. The molecule has 0 aliphatic carbocycles. The maximum Gasteiger partial charge on any atom is 0.284 e. The molecule has 0 radical (unpaired) electrons. The summed E-state index contributed by atoms with van der Waals surface area (Å²) < 4.78 is 38.3. The molecule has 1 aliphatic rings. The van der Waals surface area contributed by atoms with E-state index in [0.29, 0.717) is 17.5 Å². The van der Waals surface area contributed by atoms with Crippen LogP contribution in [0.1, 0.15) is 29.2 Å². The van der Waals surface area contributed by atoms with Crippen molar-refractivity contribution in [1.29, 1.82) is 0 Å². The Kier molecular flexibility index (Phi) is 7.61. The Labute approximate surface area is 258 Å². The van der Waals surface area contributed by atoms with Crippen molar-refractivity contribution in [2.45, 2.75) is 18.9 Å². The zero-order valence-electron chi connectivity index (χ0n) is 23.6. The minimum atomic E-state index is -0.753. The van der Waals surface area contributed by atoms with Gasteiger partial charge >= 0.3 is 0 Å². The summed E-state index contributed by atoms with van der Waals surface area (Å²) in [7, 11) is 0. The highest BCUT2D eigenvalue weighted by atomic mass is 32.1. The largest absolute Gasteiger partial charge is 0.453 e. The van der Waals surface area contributed by atoms with Gasteiger partial charge in [0.05, 0.1) is 28.1 Å². The molecule has 1 saturated heterocycles. The van der Waals surface area contributed by atoms with Crippen LogP contribution < -0.4 is 20.9 Å². The predicted molar refractivity (Wildman–Crippen MR) is 166 cm³/mol. The van der Waals surface area contributed by atoms with Crippen molar-refractivity contribution in [2.75, 3.05) is 18.4 Å². The van der Waals surface area contributed by atoms with E-state index in [4.69, 9.17) is 4.74 Å². The number of ether oxygens (including phenoxy) is 1. The van der Waals surface area contributed by atoms with Crippen LogP contribution in [0.15, 0.2) is 90.2 Å². The minimum absolute atomic E-state index is 0.0447. The van der Waals surface area contributed by atoms with Gasteiger partial charge in [-0.2, -0.15) is 14.9 Å². The first-order chi connectivity index (χ1) is 21.9. The molecule has 0 spiro atoms. The normalized spacial score (nSPS) is 13.6. The van der Waals surface area contributed by atoms with Crippen LogP contribution in [0, 0.1) is 11.6 Å². The van der Waals surface area contributed by atoms with E-state index in [2.05, 4.69) is 32.0 Å². The van der Waals surface area contributed by atoms with Crippen molar-refractivity contribution < 1.29 is 18.3 Å². The molecular weight excluding hydrogens is 600 g/mol. The van der Waals surface area contributed by atoms with E-state index >= 15 is 4.39 Å². The lowest BCUT2D eigenvalue weighted by molar-refractivity contribution is 0.102. The molecule has 0 atom stereocenters. The Morgan fingerprint density at radius 2 is 1.80 bits per heavy atom. The van der Waals surface area contributed by atoms with Crippen molar-refractivity contribution in [3.63, 3.8) is 0 Å². The van der Waals surface area contributed by atoms with Gasteiger partial charge < -0.3 is 15.4 Å². The number of nitrogens with one attached hydrogen (secondary N) is 2. The van der Waals surface area contributed by atoms with Crippen LogP contribution in [0.25, 0.3) is 26.3 Å². The van der Waals surface area contributed by atoms with Crippen LogP contribution in [0.4, 0.5) is 14.5 Å². The van der Waals surface area contributed by atoms with Crippen LogP contribution in [0.2, 0.25) is 0 Å². The lowest BCUT2D eigenvalue weighted by Crippen LogP contribution is -2.29. The fourth-order valence-corrected chi connectivity index (χ4v) is 6.24. The number of hydrogen-bond donors (Lipinski definition) is 2. The molecule has 10 nitrogen and oxygen atoms in total. The number of halogens is 2. The minimum Gasteiger partial charge on any atom is -0.453 e. The van der Waals surface area contributed by atoms with Gasteiger partial charge in [-0.15, -0.1) is 11.3 Å². The number of benzene rings is 2. The van der Waals surface area contributed by atoms with Crippen LogP contribution in [0.3, 0.4) is 0 Å². The zero-order chi connectivity index (χ0) is 30.9. The van der Waals surface area contributed by atoms with Crippen LogP contribution in [-0.2, 0) is 0 Å². The first-order valence-electron chi connectivity index (χ1n) is 14.2. The quantitative estimate of drug-likeness (QED) is 0.225. The van der Waals surface area contributed by atoms with Crippen molar-refractivity contribution in [3.05, 3.63) is 113 Å². The van der Waals surface area contributed by atoms with Gasteiger partial charge in [0.1, 0.15) is 17.1 Å². The molecule has 0 unspecified atom stereocenters. The molecule has 2 N–H and O–H groups in total. The monoisotopic (exact) mass is 625 g/mol. The first-order valence-corrected chi connectivity index (χ1v) is 15.0. The second kappa shape index (κ2) is 12.0. The van der Waals surface area contributed by atoms with E-state index in [0.717, 1.165) is 57.3 Å². The Bertz CT molecular complexity index is 2090. The summed E-state index contributed by atoms with van der Waals surface area (Å²) in [5, 5.41) is 14.5. The SMILES string of the molecule is O=C(Nc1ccc(Oc2ccnc3cc(-c4cnn(C5CCNCC5)c4)sc23)c(F)c1)c1ccnn(-c2ccc(F)cc2)c1=O. The third-order valence-electron chi connectivity index (χ3n) is 7.52. The first kappa shape index (κ1) is 28.5. The number of piperidine rings is 1. The number of aromatic nitrogens is 5. The van der Waals surface area contributed by atoms with Gasteiger partial charge in [-0.3, -0.25) is 19.3 Å². The number of amides is 1. The summed E-state index contributed by atoms with van der Waals surface area (Å²) in [5.74, 6) is -1.54. The molecule has 6 aromatic rings. The van der Waals surface area contributed by atoms with E-state index in [1.165, 1.54) is 60.0 Å². The Morgan fingerprint density at radius 3 is 2.60 bits per heavy atom. The van der Waals surface area contributed by atoms with E-state index in [1.807, 2.05) is 16.9 Å². The summed E-state index contributed by atoms with van der Waals surface area (Å²) in [6.07, 6.45) is 8.85. The number of rotatable bonds is 7. The number of fused-ring (bicyclic) bond motifs is 1. The highest BCUT2D eigenvalue weighted by Crippen LogP contribution is 2.40. The summed E-state index contributed by atoms with van der Waals surface area (Å²) in [5.41, 5.74) is 1.18. The second-order valence-electron chi connectivity index (χ2n) is 10.5. The smallest absolute Gasteiger partial charge is 0.284 e. The molecule has 0 bridgehead atoms. The second-order valence-corrected chi connectivity index (χ2v) is 11.5. The van der Waals surface area contributed by atoms with E-state index in [-0.39, 0.29) is 17.0 Å². The lowest BCUT2D eigenvalue weighted by Gasteiger charge is -2.22. The van der Waals surface area contributed by atoms with Crippen LogP contribution in [-0.4, -0.2) is 43.5 Å². The predicted octanol–water partition coefficient (Wildman–Crippen LogP) is 5.95. The number of anilines is 1. The van der Waals surface area contributed by atoms with Crippen molar-refractivity contribution in [3.8, 4) is 27.6 Å². The summed E-state index contributed by atoms with van der Waals surface area (Å²) in [6.45, 7) is 1.95. The number of nitrogens with zero attached hydrogens (tertiary/aromatic N) is 5. The zero-order valence-corrected chi connectivity index (χ0v) is 24.4. The average Bonchev–Trinajstić information content (AvgIpc) is 3.72. The molecule has 0 saturated carbocycles. The molecule has 5 heterocycles. The van der Waals surface area contributed by atoms with Crippen LogP contribution >= 0.6 is 11.3 Å². The standard InChI is InChI=1S/C32H25F2N7O3S/c33-20-1-4-23(5-2-20)41-32(43)24(9-14-37-41)31(42)39-21-3-6-27(25(34)15-21)44-28-10-13-36-26-16-29(45-30(26)28)19-17-38-40(18-19)22-7-11-35-12-8-22/h1-6,9-10,13-18,22,35H,7-8,11-12H2,(H,39,42). The highest BCUT2D eigenvalue weighted by molar-refractivity contribution is 7.22. The topological polar surface area (TPSA) is 116 Å². The highest BCUT2D eigenvalue weighted by Gasteiger charge is 2.19. The average molecular weight is 626 g/mol. The van der Waals surface area contributed by atoms with Gasteiger partial charge in [0.25, 0.3) is 11.5 Å². The van der Waals surface area contributed by atoms with Gasteiger partial charge in [0.15, 0.2) is 11.6 Å². The Morgan fingerprint density at radius 1 is 0.978 bits per heavy atom. The summed E-state index contributed by atoms with van der Waals surface area (Å²) in [4.78, 5) is 31.3. The molecule has 1 fully saturated rings. The number of thiophene rings is 1. The number of pyridine rings is 1. The molecule has 45 heavy (non-hydrogen) atoms. The van der Waals surface area contributed by atoms with E-state index in [9.17, 15) is 14.0 Å². The van der Waals surface area contributed by atoms with Crippen molar-refractivity contribution >= 4 is 33.1 Å². The fourth-order valence-electron chi connectivity index (χ4n) is 5.20. The molecule has 13 heteroatoms. The third kappa shape index (κ3) is 5.82. The summed E-state index contributed by atoms with van der Waals surface area (Å²) in [6, 6.07) is 14.4. The number of carbonyl (C=O) groups excluding carboxylic acids is 1. The maximum atomic E-state index is 15.2. The molecule has 1 amide bonds. The maximum absolute atomic E-state index is 15.2. The molecule has 7 rings (SSSR count). The molecule has 4 aromatic heterocycles. The molecule has 1 aliphatic heterocycles. The van der Waals surface area contributed by atoms with Gasteiger partial charge in [-0.05, 0) is 74.5 Å². The van der Waals surface area contributed by atoms with Gasteiger partial charge in [0, 0.05) is 46.9 Å². The number of hydrogen-bond acceptors (Lipinski definition) is 8. The Hall–Kier alpha value is -5.27. The van der Waals surface area contributed by atoms with Crippen molar-refractivity contribution in [1.82, 2.24) is 29.9 Å². The molecule has 2 aromatic carbocycles. The number of carbonyl (C=O) groups is 1. The van der Waals surface area contributed by atoms with Gasteiger partial charge in [0.2, 0.25) is 0 Å². The fraction of sp³-hybridized carbons (Fsp3) is 0.156. The van der Waals surface area contributed by atoms with Crippen LogP contribution in [0.5, 0.6) is 11.5 Å².